The monoisotopic (exact) mass is 361 g/mol. The van der Waals surface area contributed by atoms with Crippen LogP contribution in [0.3, 0.4) is 0 Å². The van der Waals surface area contributed by atoms with Crippen LogP contribution in [-0.2, 0) is 11.2 Å². The summed E-state index contributed by atoms with van der Waals surface area (Å²) in [5.41, 5.74) is 1.10. The van der Waals surface area contributed by atoms with Gasteiger partial charge in [0.25, 0.3) is 5.91 Å². The Hall–Kier alpha value is -2.64. The van der Waals surface area contributed by atoms with Crippen molar-refractivity contribution in [2.75, 3.05) is 10.6 Å². The van der Waals surface area contributed by atoms with Crippen LogP contribution in [0, 0.1) is 0 Å². The molecule has 0 radical (unpaired) electrons. The molecule has 0 aliphatic heterocycles. The van der Waals surface area contributed by atoms with Gasteiger partial charge in [-0.25, -0.2) is 4.98 Å². The molecule has 0 aliphatic rings. The number of carbonyl (C=O) groups is 2. The highest BCUT2D eigenvalue weighted by molar-refractivity contribution is 7.14. The van der Waals surface area contributed by atoms with Crippen molar-refractivity contribution in [2.45, 2.75) is 6.42 Å². The second-order valence-electron chi connectivity index (χ2n) is 4.78. The smallest absolute Gasteiger partial charge is 0.293 e. The van der Waals surface area contributed by atoms with Gasteiger partial charge in [-0.1, -0.05) is 23.7 Å². The van der Waals surface area contributed by atoms with Crippen LogP contribution < -0.4 is 10.6 Å². The minimum atomic E-state index is -0.388. The van der Waals surface area contributed by atoms with Crippen LogP contribution in [0.4, 0.5) is 10.8 Å². The van der Waals surface area contributed by atoms with E-state index < -0.39 is 0 Å². The quantitative estimate of drug-likeness (QED) is 0.723. The largest absolute Gasteiger partial charge is 0.459 e. The minimum Gasteiger partial charge on any atom is -0.459 e. The van der Waals surface area contributed by atoms with Gasteiger partial charge in [-0.3, -0.25) is 14.9 Å². The molecule has 2 amide bonds. The van der Waals surface area contributed by atoms with Crippen LogP contribution in [0.5, 0.6) is 0 Å². The van der Waals surface area contributed by atoms with Crippen molar-refractivity contribution in [1.29, 1.82) is 0 Å². The van der Waals surface area contributed by atoms with E-state index in [9.17, 15) is 9.59 Å². The number of carbonyl (C=O) groups excluding carboxylic acids is 2. The lowest BCUT2D eigenvalue weighted by molar-refractivity contribution is -0.115. The number of anilines is 2. The SMILES string of the molecule is O=C(Cc1csc(NC(=O)c2ccco2)n1)Nc1ccccc1Cl. The Morgan fingerprint density at radius 3 is 2.75 bits per heavy atom. The lowest BCUT2D eigenvalue weighted by atomic mass is 10.3. The molecule has 6 nitrogen and oxygen atoms in total. The summed E-state index contributed by atoms with van der Waals surface area (Å²) < 4.78 is 5.00. The van der Waals surface area contributed by atoms with Crippen LogP contribution in [-0.4, -0.2) is 16.8 Å². The first-order chi connectivity index (χ1) is 11.6. The van der Waals surface area contributed by atoms with E-state index in [-0.39, 0.29) is 24.0 Å². The Morgan fingerprint density at radius 2 is 2.00 bits per heavy atom. The maximum atomic E-state index is 12.0. The number of rotatable bonds is 5. The predicted molar refractivity (Wildman–Crippen MR) is 92.6 cm³/mol. The second-order valence-corrected chi connectivity index (χ2v) is 6.05. The Labute approximate surface area is 146 Å². The van der Waals surface area contributed by atoms with Gasteiger partial charge in [0.1, 0.15) is 0 Å². The van der Waals surface area contributed by atoms with E-state index in [2.05, 4.69) is 15.6 Å². The molecule has 8 heteroatoms. The Morgan fingerprint density at radius 1 is 1.17 bits per heavy atom. The molecule has 3 rings (SSSR count). The van der Waals surface area contributed by atoms with E-state index in [0.717, 1.165) is 0 Å². The van der Waals surface area contributed by atoms with Crippen LogP contribution in [0.2, 0.25) is 5.02 Å². The second kappa shape index (κ2) is 7.29. The zero-order chi connectivity index (χ0) is 16.9. The van der Waals surface area contributed by atoms with Crippen LogP contribution >= 0.6 is 22.9 Å². The van der Waals surface area contributed by atoms with Gasteiger partial charge in [0.05, 0.1) is 29.1 Å². The summed E-state index contributed by atoms with van der Waals surface area (Å²) in [5.74, 6) is -0.429. The van der Waals surface area contributed by atoms with E-state index in [4.69, 9.17) is 16.0 Å². The average Bonchev–Trinajstić information content (AvgIpc) is 3.21. The van der Waals surface area contributed by atoms with Crippen LogP contribution in [0.1, 0.15) is 16.2 Å². The molecule has 3 aromatic rings. The van der Waals surface area contributed by atoms with Crippen molar-refractivity contribution in [1.82, 2.24) is 4.98 Å². The van der Waals surface area contributed by atoms with Crippen molar-refractivity contribution >= 4 is 45.6 Å². The highest BCUT2D eigenvalue weighted by atomic mass is 35.5. The first kappa shape index (κ1) is 16.2. The van der Waals surface area contributed by atoms with Gasteiger partial charge in [0, 0.05) is 5.38 Å². The first-order valence-electron chi connectivity index (χ1n) is 6.95. The molecule has 0 aliphatic carbocycles. The Kier molecular flexibility index (Phi) is 4.93. The van der Waals surface area contributed by atoms with Gasteiger partial charge < -0.3 is 9.73 Å². The number of hydrogen-bond donors (Lipinski definition) is 2. The predicted octanol–water partition coefficient (Wildman–Crippen LogP) is 3.82. The first-order valence-corrected chi connectivity index (χ1v) is 8.21. The fourth-order valence-electron chi connectivity index (χ4n) is 1.93. The molecule has 0 bridgehead atoms. The molecule has 0 saturated carbocycles. The van der Waals surface area contributed by atoms with E-state index >= 15 is 0 Å². The van der Waals surface area contributed by atoms with Gasteiger partial charge in [0.15, 0.2) is 10.9 Å². The average molecular weight is 362 g/mol. The third kappa shape index (κ3) is 4.01. The number of thiazole rings is 1. The molecular formula is C16H12ClN3O3S. The minimum absolute atomic E-state index is 0.0817. The number of hydrogen-bond acceptors (Lipinski definition) is 5. The molecule has 2 aromatic heterocycles. The zero-order valence-corrected chi connectivity index (χ0v) is 13.9. The summed E-state index contributed by atoms with van der Waals surface area (Å²) in [6.07, 6.45) is 1.50. The van der Waals surface area contributed by atoms with Gasteiger partial charge in [-0.2, -0.15) is 0 Å². The number of halogens is 1. The molecular weight excluding hydrogens is 350 g/mol. The van der Waals surface area contributed by atoms with E-state index in [0.29, 0.717) is 21.5 Å². The molecule has 0 atom stereocenters. The Bertz CT molecular complexity index is 861. The van der Waals surface area contributed by atoms with Crippen molar-refractivity contribution in [3.05, 3.63) is 64.5 Å². The molecule has 2 heterocycles. The summed E-state index contributed by atoms with van der Waals surface area (Å²) in [6.45, 7) is 0. The fraction of sp³-hybridized carbons (Fsp3) is 0.0625. The van der Waals surface area contributed by atoms with Gasteiger partial charge in [0.2, 0.25) is 5.91 Å². The third-order valence-electron chi connectivity index (χ3n) is 3.01. The van der Waals surface area contributed by atoms with Crippen LogP contribution in [0.25, 0.3) is 0 Å². The summed E-state index contributed by atoms with van der Waals surface area (Å²) in [6, 6.07) is 10.2. The van der Waals surface area contributed by atoms with Gasteiger partial charge in [-0.05, 0) is 24.3 Å². The number of para-hydroxylation sites is 1. The number of nitrogens with zero attached hydrogens (tertiary/aromatic N) is 1. The van der Waals surface area contributed by atoms with E-state index in [1.807, 2.05) is 0 Å². The van der Waals surface area contributed by atoms with Crippen molar-refractivity contribution < 1.29 is 14.0 Å². The lowest BCUT2D eigenvalue weighted by Gasteiger charge is -2.05. The topological polar surface area (TPSA) is 84.2 Å². The number of amides is 2. The zero-order valence-electron chi connectivity index (χ0n) is 12.3. The van der Waals surface area contributed by atoms with Gasteiger partial charge in [-0.15, -0.1) is 11.3 Å². The number of nitrogens with one attached hydrogen (secondary N) is 2. The maximum absolute atomic E-state index is 12.0. The molecule has 0 unspecified atom stereocenters. The van der Waals surface area contributed by atoms with Crippen molar-refractivity contribution in [3.8, 4) is 0 Å². The molecule has 0 fully saturated rings. The van der Waals surface area contributed by atoms with Crippen molar-refractivity contribution in [3.63, 3.8) is 0 Å². The fourth-order valence-corrected chi connectivity index (χ4v) is 2.82. The molecule has 24 heavy (non-hydrogen) atoms. The molecule has 1 aromatic carbocycles. The lowest BCUT2D eigenvalue weighted by Crippen LogP contribution is -2.15. The summed E-state index contributed by atoms with van der Waals surface area (Å²) in [4.78, 5) is 28.1. The molecule has 0 saturated heterocycles. The third-order valence-corrected chi connectivity index (χ3v) is 4.14. The molecule has 0 spiro atoms. The Balaban J connectivity index is 1.58. The number of benzene rings is 1. The van der Waals surface area contributed by atoms with Crippen molar-refractivity contribution in [2.24, 2.45) is 0 Å². The molecule has 122 valence electrons. The molecule has 2 N–H and O–H groups in total. The highest BCUT2D eigenvalue weighted by Gasteiger charge is 2.13. The van der Waals surface area contributed by atoms with Crippen LogP contribution in [0.15, 0.2) is 52.5 Å². The van der Waals surface area contributed by atoms with E-state index in [1.165, 1.54) is 17.6 Å². The van der Waals surface area contributed by atoms with Gasteiger partial charge >= 0.3 is 0 Å². The standard InChI is InChI=1S/C16H12ClN3O3S/c17-11-4-1-2-5-12(11)19-14(21)8-10-9-24-16(18-10)20-15(22)13-6-3-7-23-13/h1-7,9H,8H2,(H,19,21)(H,18,20,22). The normalized spacial score (nSPS) is 10.4. The number of furan rings is 1. The summed E-state index contributed by atoms with van der Waals surface area (Å²) >= 11 is 7.23. The van der Waals surface area contributed by atoms with E-state index in [1.54, 1.807) is 41.8 Å². The highest BCUT2D eigenvalue weighted by Crippen LogP contribution is 2.21. The number of aromatic nitrogens is 1. The summed E-state index contributed by atoms with van der Waals surface area (Å²) in [5, 5.41) is 7.92. The maximum Gasteiger partial charge on any atom is 0.293 e. The summed E-state index contributed by atoms with van der Waals surface area (Å²) in [7, 11) is 0.